The highest BCUT2D eigenvalue weighted by molar-refractivity contribution is 6.49. The molecule has 3 heteroatoms. The molecule has 0 spiro atoms. The molecule has 1 radical (unpaired) electrons. The van der Waals surface area contributed by atoms with Gasteiger partial charge >= 0.3 is 0 Å². The SMILES string of the molecule is C[Si](N)N. The number of nitrogens with two attached hydrogens (primary N) is 2. The summed E-state index contributed by atoms with van der Waals surface area (Å²) in [5.41, 5.74) is 0. The maximum atomic E-state index is 4.99. The zero-order valence-electron chi connectivity index (χ0n) is 2.65. The van der Waals surface area contributed by atoms with Crippen molar-refractivity contribution in [2.75, 3.05) is 0 Å². The zero-order chi connectivity index (χ0) is 3.58. The highest BCUT2D eigenvalue weighted by Crippen LogP contribution is 1.35. The van der Waals surface area contributed by atoms with Crippen molar-refractivity contribution >= 4 is 9.12 Å². The summed E-state index contributed by atoms with van der Waals surface area (Å²) in [4.78, 5) is 0. The van der Waals surface area contributed by atoms with Crippen LogP contribution in [0.3, 0.4) is 0 Å². The largest absolute Gasteiger partial charge is 0.339 e. The fraction of sp³-hybridized carbons (Fsp3) is 1.00. The lowest BCUT2D eigenvalue weighted by molar-refractivity contribution is 1.63. The molecule has 0 saturated carbocycles. The van der Waals surface area contributed by atoms with E-state index < -0.39 is 9.12 Å². The first-order chi connectivity index (χ1) is 1.73. The van der Waals surface area contributed by atoms with Gasteiger partial charge in [0.2, 0.25) is 9.12 Å². The van der Waals surface area contributed by atoms with Gasteiger partial charge in [-0.05, 0) is 6.55 Å². The molecular weight excluding hydrogens is 68.1 g/mol. The quantitative estimate of drug-likeness (QED) is 0.364. The number of hydrogen-bond donors (Lipinski definition) is 2. The fourth-order valence-corrected chi connectivity index (χ4v) is 0. The Morgan fingerprint density at radius 3 is 1.50 bits per heavy atom. The minimum Gasteiger partial charge on any atom is -0.339 e. The van der Waals surface area contributed by atoms with Gasteiger partial charge in [0.05, 0.1) is 0 Å². The molecule has 2 nitrogen and oxygen atoms in total. The van der Waals surface area contributed by atoms with Crippen LogP contribution in [0.4, 0.5) is 0 Å². The van der Waals surface area contributed by atoms with Crippen molar-refractivity contribution in [3.63, 3.8) is 0 Å². The molecule has 0 aromatic carbocycles. The monoisotopic (exact) mass is 75.0 g/mol. The number of rotatable bonds is 0. The minimum absolute atomic E-state index is 0.880. The van der Waals surface area contributed by atoms with Crippen LogP contribution in [0.25, 0.3) is 0 Å². The molecule has 25 valence electrons. The van der Waals surface area contributed by atoms with Crippen LogP contribution in [-0.2, 0) is 0 Å². The summed E-state index contributed by atoms with van der Waals surface area (Å²) in [5.74, 6) is 0. The van der Waals surface area contributed by atoms with Gasteiger partial charge in [-0.3, -0.25) is 0 Å². The predicted molar refractivity (Wildman–Crippen MR) is 20.0 cm³/mol. The molecule has 0 heterocycles. The lowest BCUT2D eigenvalue weighted by Crippen LogP contribution is -2.32. The highest BCUT2D eigenvalue weighted by atomic mass is 28.3. The summed E-state index contributed by atoms with van der Waals surface area (Å²) in [7, 11) is -0.880. The van der Waals surface area contributed by atoms with E-state index in [0.717, 1.165) is 0 Å². The van der Waals surface area contributed by atoms with Gasteiger partial charge in [0, 0.05) is 0 Å². The Bertz CT molecular complexity index is 10.8. The van der Waals surface area contributed by atoms with E-state index in [9.17, 15) is 0 Å². The Kier molecular flexibility index (Phi) is 1.51. The molecule has 0 atom stereocenters. The van der Waals surface area contributed by atoms with E-state index in [2.05, 4.69) is 0 Å². The van der Waals surface area contributed by atoms with Gasteiger partial charge in [-0.1, -0.05) is 0 Å². The van der Waals surface area contributed by atoms with Gasteiger partial charge in [0.1, 0.15) is 0 Å². The van der Waals surface area contributed by atoms with Gasteiger partial charge in [-0.15, -0.1) is 0 Å². The van der Waals surface area contributed by atoms with Crippen LogP contribution >= 0.6 is 0 Å². The average Bonchev–Trinajstić information content (AvgIpc) is 0.811. The van der Waals surface area contributed by atoms with Crippen molar-refractivity contribution in [1.82, 2.24) is 0 Å². The normalized spacial score (nSPS) is 9.00. The molecule has 0 aromatic rings. The molecule has 0 fully saturated rings. The third-order valence-electron chi connectivity index (χ3n) is 0. The molecule has 4 N–H and O–H groups in total. The Hall–Kier alpha value is 0.137. The highest BCUT2D eigenvalue weighted by Gasteiger charge is 1.74. The smallest absolute Gasteiger partial charge is 0.214 e. The Labute approximate surface area is 27.6 Å². The van der Waals surface area contributed by atoms with Crippen LogP contribution in [-0.4, -0.2) is 9.12 Å². The van der Waals surface area contributed by atoms with E-state index in [0.29, 0.717) is 0 Å². The summed E-state index contributed by atoms with van der Waals surface area (Å²) in [6.07, 6.45) is 0. The summed E-state index contributed by atoms with van der Waals surface area (Å²) < 4.78 is 0. The van der Waals surface area contributed by atoms with Crippen LogP contribution in [0, 0.1) is 0 Å². The number of hydrogen-bond acceptors (Lipinski definition) is 2. The van der Waals surface area contributed by atoms with Crippen molar-refractivity contribution in [3.8, 4) is 0 Å². The fourth-order valence-electron chi connectivity index (χ4n) is 0. The lowest BCUT2D eigenvalue weighted by atomic mass is 11.9. The van der Waals surface area contributed by atoms with E-state index in [1.165, 1.54) is 0 Å². The molecule has 0 bridgehead atoms. The molecular formula is CH7N2Si. The van der Waals surface area contributed by atoms with Crippen LogP contribution in [0.15, 0.2) is 0 Å². The Morgan fingerprint density at radius 1 is 1.50 bits per heavy atom. The molecule has 0 unspecified atom stereocenters. The topological polar surface area (TPSA) is 52.0 Å². The van der Waals surface area contributed by atoms with E-state index >= 15 is 0 Å². The molecule has 4 heavy (non-hydrogen) atoms. The summed E-state index contributed by atoms with van der Waals surface area (Å²) in [6.45, 7) is 1.82. The summed E-state index contributed by atoms with van der Waals surface area (Å²) in [5, 5.41) is 9.98. The minimum atomic E-state index is -0.880. The molecule has 0 saturated heterocycles. The maximum absolute atomic E-state index is 4.99. The van der Waals surface area contributed by atoms with Crippen LogP contribution in [0.5, 0.6) is 0 Å². The van der Waals surface area contributed by atoms with Crippen molar-refractivity contribution in [2.24, 2.45) is 10.8 Å². The van der Waals surface area contributed by atoms with Gasteiger partial charge in [0.15, 0.2) is 0 Å². The molecule has 0 amide bonds. The summed E-state index contributed by atoms with van der Waals surface area (Å²) in [6, 6.07) is 0. The molecule has 0 aliphatic carbocycles. The molecule has 0 aromatic heterocycles. The second-order valence-electron chi connectivity index (χ2n) is 0.744. The Balaban J connectivity index is 2.32. The van der Waals surface area contributed by atoms with Crippen molar-refractivity contribution in [1.29, 1.82) is 0 Å². The van der Waals surface area contributed by atoms with E-state index in [1.54, 1.807) is 0 Å². The lowest BCUT2D eigenvalue weighted by Gasteiger charge is -1.77. The standard InChI is InChI=1S/CH7N2Si/c1-4(2)3/h2-3H2,1H3. The van der Waals surface area contributed by atoms with Crippen LogP contribution in [0.1, 0.15) is 0 Å². The third-order valence-corrected chi connectivity index (χ3v) is 0. The Morgan fingerprint density at radius 2 is 1.50 bits per heavy atom. The van der Waals surface area contributed by atoms with E-state index in [1.807, 2.05) is 6.55 Å². The predicted octanol–water partition coefficient (Wildman–Crippen LogP) is -0.978. The first kappa shape index (κ1) is 4.14. The maximum Gasteiger partial charge on any atom is 0.214 e. The molecule has 0 aliphatic rings. The van der Waals surface area contributed by atoms with Gasteiger partial charge in [-0.2, -0.15) is 0 Å². The average molecular weight is 75.2 g/mol. The second kappa shape index (κ2) is 1.46. The van der Waals surface area contributed by atoms with Crippen LogP contribution in [0.2, 0.25) is 6.55 Å². The zero-order valence-corrected chi connectivity index (χ0v) is 3.65. The van der Waals surface area contributed by atoms with E-state index in [4.69, 9.17) is 10.8 Å². The second-order valence-corrected chi connectivity index (χ2v) is 2.23. The van der Waals surface area contributed by atoms with Gasteiger partial charge in [-0.25, -0.2) is 0 Å². The van der Waals surface area contributed by atoms with E-state index in [-0.39, 0.29) is 0 Å². The molecule has 0 rings (SSSR count). The third kappa shape index (κ3) is 147. The van der Waals surface area contributed by atoms with Gasteiger partial charge < -0.3 is 10.8 Å². The van der Waals surface area contributed by atoms with Gasteiger partial charge in [0.25, 0.3) is 0 Å². The van der Waals surface area contributed by atoms with Crippen LogP contribution < -0.4 is 10.8 Å². The molecule has 0 aliphatic heterocycles. The van der Waals surface area contributed by atoms with Crippen molar-refractivity contribution in [3.05, 3.63) is 0 Å². The summed E-state index contributed by atoms with van der Waals surface area (Å²) >= 11 is 0. The first-order valence-electron chi connectivity index (χ1n) is 1.08. The van der Waals surface area contributed by atoms with Crippen molar-refractivity contribution < 1.29 is 0 Å². The first-order valence-corrected chi connectivity index (χ1v) is 3.23. The van der Waals surface area contributed by atoms with Crippen molar-refractivity contribution in [2.45, 2.75) is 6.55 Å².